The molecule has 0 aliphatic rings. The fourth-order valence-electron chi connectivity index (χ4n) is 2.68. The fraction of sp³-hybridized carbons (Fsp3) is 0.182. The van der Waals surface area contributed by atoms with E-state index in [9.17, 15) is 9.59 Å². The maximum Gasteiger partial charge on any atom is 0.347 e. The van der Waals surface area contributed by atoms with Crippen LogP contribution in [0.15, 0.2) is 66.7 Å². The van der Waals surface area contributed by atoms with Crippen molar-refractivity contribution in [2.24, 2.45) is 0 Å². The third-order valence-electron chi connectivity index (χ3n) is 4.11. The number of carbonyl (C=O) groups is 2. The van der Waals surface area contributed by atoms with E-state index in [-0.39, 0.29) is 0 Å². The predicted octanol–water partition coefficient (Wildman–Crippen LogP) is 3.80. The van der Waals surface area contributed by atoms with Gasteiger partial charge in [-0.15, -0.1) is 0 Å². The van der Waals surface area contributed by atoms with Crippen LogP contribution in [0.2, 0.25) is 0 Å². The topological polar surface area (TPSA) is 73.9 Å². The molecular weight excluding hydrogens is 358 g/mol. The first kappa shape index (κ1) is 19.2. The molecule has 0 heterocycles. The number of anilines is 1. The van der Waals surface area contributed by atoms with Crippen molar-refractivity contribution in [3.63, 3.8) is 0 Å². The van der Waals surface area contributed by atoms with Gasteiger partial charge in [-0.3, -0.25) is 4.79 Å². The summed E-state index contributed by atoms with van der Waals surface area (Å²) in [5.41, 5.74) is 0.668. The number of hydrogen-bond acceptors (Lipinski definition) is 5. The predicted molar refractivity (Wildman–Crippen MR) is 107 cm³/mol. The molecule has 3 aromatic rings. The molecule has 1 atom stereocenters. The summed E-state index contributed by atoms with van der Waals surface area (Å²) in [4.78, 5) is 24.3. The molecule has 0 aromatic heterocycles. The SMILES string of the molecule is COc1ccc(OC(C)C(=O)OCC(=O)Nc2cccc3ccccc23)cc1. The summed E-state index contributed by atoms with van der Waals surface area (Å²) in [6, 6.07) is 20.2. The molecule has 1 unspecified atom stereocenters. The van der Waals surface area contributed by atoms with Crippen molar-refractivity contribution in [1.82, 2.24) is 0 Å². The first-order valence-electron chi connectivity index (χ1n) is 8.82. The Bertz CT molecular complexity index is 963. The minimum absolute atomic E-state index is 0.391. The Kier molecular flexibility index (Phi) is 6.11. The van der Waals surface area contributed by atoms with Gasteiger partial charge < -0.3 is 19.5 Å². The quantitative estimate of drug-likeness (QED) is 0.632. The van der Waals surface area contributed by atoms with Gasteiger partial charge in [0.1, 0.15) is 11.5 Å². The molecule has 1 amide bonds. The van der Waals surface area contributed by atoms with Crippen molar-refractivity contribution in [3.05, 3.63) is 66.7 Å². The Morgan fingerprint density at radius 3 is 2.36 bits per heavy atom. The van der Waals surface area contributed by atoms with Gasteiger partial charge in [-0.05, 0) is 42.6 Å². The highest BCUT2D eigenvalue weighted by Crippen LogP contribution is 2.23. The molecular formula is C22H21NO5. The Balaban J connectivity index is 1.52. The average molecular weight is 379 g/mol. The highest BCUT2D eigenvalue weighted by Gasteiger charge is 2.18. The maximum atomic E-state index is 12.2. The zero-order valence-corrected chi connectivity index (χ0v) is 15.7. The second-order valence-corrected chi connectivity index (χ2v) is 6.12. The minimum atomic E-state index is -0.848. The summed E-state index contributed by atoms with van der Waals surface area (Å²) in [6.07, 6.45) is -0.848. The summed E-state index contributed by atoms with van der Waals surface area (Å²) < 4.78 is 15.7. The Hall–Kier alpha value is -3.54. The van der Waals surface area contributed by atoms with Crippen molar-refractivity contribution in [2.75, 3.05) is 19.0 Å². The first-order valence-corrected chi connectivity index (χ1v) is 8.82. The molecule has 28 heavy (non-hydrogen) atoms. The van der Waals surface area contributed by atoms with Crippen molar-refractivity contribution in [1.29, 1.82) is 0 Å². The van der Waals surface area contributed by atoms with Crippen LogP contribution in [0, 0.1) is 0 Å². The van der Waals surface area contributed by atoms with Gasteiger partial charge in [-0.25, -0.2) is 4.79 Å². The van der Waals surface area contributed by atoms with Crippen LogP contribution < -0.4 is 14.8 Å². The van der Waals surface area contributed by atoms with E-state index >= 15 is 0 Å². The average Bonchev–Trinajstić information content (AvgIpc) is 2.73. The summed E-state index contributed by atoms with van der Waals surface area (Å²) in [6.45, 7) is 1.17. The second kappa shape index (κ2) is 8.90. The second-order valence-electron chi connectivity index (χ2n) is 6.12. The molecule has 0 aliphatic heterocycles. The van der Waals surface area contributed by atoms with Crippen molar-refractivity contribution >= 4 is 28.3 Å². The molecule has 0 saturated carbocycles. The van der Waals surface area contributed by atoms with Crippen LogP contribution in [0.4, 0.5) is 5.69 Å². The largest absolute Gasteiger partial charge is 0.497 e. The molecule has 0 spiro atoms. The molecule has 3 rings (SSSR count). The van der Waals surface area contributed by atoms with Crippen LogP contribution in [0.3, 0.4) is 0 Å². The monoisotopic (exact) mass is 379 g/mol. The Labute approximate surface area is 163 Å². The third-order valence-corrected chi connectivity index (χ3v) is 4.11. The van der Waals surface area contributed by atoms with Crippen LogP contribution in [-0.2, 0) is 14.3 Å². The number of benzene rings is 3. The van der Waals surface area contributed by atoms with Crippen molar-refractivity contribution in [2.45, 2.75) is 13.0 Å². The van der Waals surface area contributed by atoms with Crippen molar-refractivity contribution in [3.8, 4) is 11.5 Å². The van der Waals surface area contributed by atoms with Crippen LogP contribution in [0.5, 0.6) is 11.5 Å². The van der Waals surface area contributed by atoms with Crippen LogP contribution in [0.25, 0.3) is 10.8 Å². The summed E-state index contributed by atoms with van der Waals surface area (Å²) in [7, 11) is 1.57. The lowest BCUT2D eigenvalue weighted by molar-refractivity contribution is -0.153. The van der Waals surface area contributed by atoms with Gasteiger partial charge in [0, 0.05) is 11.1 Å². The lowest BCUT2D eigenvalue weighted by atomic mass is 10.1. The molecule has 0 saturated heterocycles. The highest BCUT2D eigenvalue weighted by molar-refractivity contribution is 6.02. The number of methoxy groups -OCH3 is 1. The first-order chi connectivity index (χ1) is 13.6. The highest BCUT2D eigenvalue weighted by atomic mass is 16.6. The molecule has 144 valence electrons. The number of carbonyl (C=O) groups excluding carboxylic acids is 2. The van der Waals surface area contributed by atoms with Crippen LogP contribution in [0.1, 0.15) is 6.92 Å². The van der Waals surface area contributed by atoms with E-state index in [1.807, 2.05) is 36.4 Å². The molecule has 6 nitrogen and oxygen atoms in total. The summed E-state index contributed by atoms with van der Waals surface area (Å²) in [5.74, 6) is 0.156. The van der Waals surface area contributed by atoms with E-state index in [4.69, 9.17) is 14.2 Å². The van der Waals surface area contributed by atoms with Gasteiger partial charge in [0.05, 0.1) is 7.11 Å². The van der Waals surface area contributed by atoms with Gasteiger partial charge in [0.15, 0.2) is 12.7 Å². The van der Waals surface area contributed by atoms with Crippen LogP contribution in [-0.4, -0.2) is 31.7 Å². The summed E-state index contributed by atoms with van der Waals surface area (Å²) >= 11 is 0. The standard InChI is InChI=1S/C22H21NO5/c1-15(28-18-12-10-17(26-2)11-13-18)22(25)27-14-21(24)23-20-9-5-7-16-6-3-4-8-19(16)20/h3-13,15H,14H2,1-2H3,(H,23,24). The fourth-order valence-corrected chi connectivity index (χ4v) is 2.68. The number of rotatable bonds is 7. The van der Waals surface area contributed by atoms with Gasteiger partial charge in [-0.1, -0.05) is 36.4 Å². The summed E-state index contributed by atoms with van der Waals surface area (Å²) in [5, 5.41) is 4.70. The van der Waals surface area contributed by atoms with E-state index in [1.54, 1.807) is 44.4 Å². The molecule has 0 aliphatic carbocycles. The number of ether oxygens (including phenoxy) is 3. The molecule has 3 aromatic carbocycles. The Morgan fingerprint density at radius 2 is 1.61 bits per heavy atom. The normalized spacial score (nSPS) is 11.5. The molecule has 6 heteroatoms. The molecule has 0 radical (unpaired) electrons. The van der Waals surface area contributed by atoms with E-state index in [0.29, 0.717) is 17.2 Å². The number of fused-ring (bicyclic) bond motifs is 1. The van der Waals surface area contributed by atoms with Gasteiger partial charge in [0.2, 0.25) is 0 Å². The van der Waals surface area contributed by atoms with E-state index < -0.39 is 24.6 Å². The van der Waals surface area contributed by atoms with E-state index in [2.05, 4.69) is 5.32 Å². The van der Waals surface area contributed by atoms with Gasteiger partial charge >= 0.3 is 5.97 Å². The smallest absolute Gasteiger partial charge is 0.347 e. The van der Waals surface area contributed by atoms with Gasteiger partial charge in [0.25, 0.3) is 5.91 Å². The zero-order valence-electron chi connectivity index (χ0n) is 15.7. The van der Waals surface area contributed by atoms with Gasteiger partial charge in [-0.2, -0.15) is 0 Å². The lowest BCUT2D eigenvalue weighted by Gasteiger charge is -2.14. The molecule has 0 bridgehead atoms. The Morgan fingerprint density at radius 1 is 0.929 bits per heavy atom. The number of hydrogen-bond donors (Lipinski definition) is 1. The maximum absolute atomic E-state index is 12.2. The molecule has 0 fully saturated rings. The van der Waals surface area contributed by atoms with Crippen molar-refractivity contribution < 1.29 is 23.8 Å². The third kappa shape index (κ3) is 4.79. The van der Waals surface area contributed by atoms with E-state index in [0.717, 1.165) is 10.8 Å². The lowest BCUT2D eigenvalue weighted by Crippen LogP contribution is -2.29. The number of nitrogens with one attached hydrogen (secondary N) is 1. The zero-order chi connectivity index (χ0) is 19.9. The molecule has 1 N–H and O–H groups in total. The number of amides is 1. The van der Waals surface area contributed by atoms with E-state index in [1.165, 1.54) is 0 Å². The minimum Gasteiger partial charge on any atom is -0.497 e. The number of esters is 1. The van der Waals surface area contributed by atoms with Crippen LogP contribution >= 0.6 is 0 Å².